The zero-order chi connectivity index (χ0) is 65.8. The number of hydrogen-bond donors (Lipinski definition) is 13. The van der Waals surface area contributed by atoms with Gasteiger partial charge < -0.3 is 91.2 Å². The Morgan fingerprint density at radius 3 is 1.78 bits per heavy atom. The summed E-state index contributed by atoms with van der Waals surface area (Å²) in [6.07, 6.45) is -9.62. The normalized spacial score (nSPS) is 27.6. The zero-order valence-electron chi connectivity index (χ0n) is 52.1. The van der Waals surface area contributed by atoms with Crippen LogP contribution in [0.1, 0.15) is 101 Å². The molecule has 0 saturated carbocycles. The van der Waals surface area contributed by atoms with Gasteiger partial charge in [-0.1, -0.05) is 87.4 Å². The van der Waals surface area contributed by atoms with Gasteiger partial charge in [0.05, 0.1) is 57.8 Å². The fourth-order valence-corrected chi connectivity index (χ4v) is 12.3. The molecule has 4 saturated heterocycles. The lowest BCUT2D eigenvalue weighted by atomic mass is 9.96. The molecule has 91 heavy (non-hydrogen) atoms. The minimum Gasteiger partial charge on any atom is -0.508 e. The number of carbonyl (C=O) groups is 7. The molecule has 0 aliphatic carbocycles. The Morgan fingerprint density at radius 2 is 1.20 bits per heavy atom. The molecule has 0 spiro atoms. The number of phenols is 1. The largest absolute Gasteiger partial charge is 0.508 e. The average molecular weight is 1270 g/mol. The molecular formula is C66H89N8O17+. The van der Waals surface area contributed by atoms with E-state index in [1.807, 2.05) is 55.6 Å². The second-order valence-corrected chi connectivity index (χ2v) is 25.0. The van der Waals surface area contributed by atoms with Crippen molar-refractivity contribution in [3.63, 3.8) is 0 Å². The number of likely N-dealkylation sites (N-methyl/N-ethyl adjacent to an activating group) is 1. The first kappa shape index (κ1) is 69.3. The van der Waals surface area contributed by atoms with Crippen LogP contribution in [0.3, 0.4) is 0 Å². The van der Waals surface area contributed by atoms with E-state index in [9.17, 15) is 74.4 Å². The first-order valence-electron chi connectivity index (χ1n) is 31.4. The van der Waals surface area contributed by atoms with E-state index in [1.54, 1.807) is 12.1 Å². The van der Waals surface area contributed by atoms with Gasteiger partial charge in [0.25, 0.3) is 5.91 Å². The number of likely N-dealkylation sites (tertiary alicyclic amines) is 1. The molecule has 4 aromatic rings. The number of benzene rings is 4. The van der Waals surface area contributed by atoms with Gasteiger partial charge in [-0.05, 0) is 104 Å². The number of rotatable bonds is 18. The number of amides is 7. The molecule has 4 aromatic carbocycles. The molecule has 0 aromatic heterocycles. The van der Waals surface area contributed by atoms with Gasteiger partial charge in [0.15, 0.2) is 6.23 Å². The predicted molar refractivity (Wildman–Crippen MR) is 332 cm³/mol. The van der Waals surface area contributed by atoms with Crippen LogP contribution in [0.15, 0.2) is 97.1 Å². The van der Waals surface area contributed by atoms with Crippen molar-refractivity contribution in [1.82, 2.24) is 36.4 Å². The lowest BCUT2D eigenvalue weighted by Crippen LogP contribution is -2.64. The highest BCUT2D eigenvalue weighted by atomic mass is 16.5. The van der Waals surface area contributed by atoms with E-state index >= 15 is 0 Å². The van der Waals surface area contributed by atoms with E-state index in [4.69, 9.17) is 9.47 Å². The number of aliphatic hydroxyl groups excluding tert-OH is 7. The Labute approximate surface area is 529 Å². The molecule has 7 amide bonds. The Kier molecular flexibility index (Phi) is 23.7. The summed E-state index contributed by atoms with van der Waals surface area (Å²) in [5.74, 6) is -8.15. The van der Waals surface area contributed by atoms with Crippen LogP contribution in [0.5, 0.6) is 11.5 Å². The SMILES string of the molecule is CCCCCOc1ccc(-c2ccc(-c3ccc(C(=O)N[C@H]4C[C@@H](O)[C@@H](OCC[N+]5(C)CCCCC5)NC(=O)[C@@H]5[C@@H](O)[C@@H](C)CN5C(=O)[C@H]([C@@H](C)O)NC(=O)[C@H]([C@H](O)[C@@H](O)c5ccc(O)cc5)NC(=O)[C@@H]5C[C@@H](O)CN5C(=O)[C@H]([C@@H](C)O)NC4=O)cc3)cc2)cc1. The predicted octanol–water partition coefficient (Wildman–Crippen LogP) is 0.728. The molecule has 4 aliphatic rings. The Hall–Kier alpha value is -7.59. The lowest BCUT2D eigenvalue weighted by molar-refractivity contribution is -0.914. The minimum atomic E-state index is -2.28. The van der Waals surface area contributed by atoms with Crippen molar-refractivity contribution in [2.24, 2.45) is 5.92 Å². The monoisotopic (exact) mass is 1270 g/mol. The minimum absolute atomic E-state index is 0.0567. The zero-order valence-corrected chi connectivity index (χ0v) is 52.1. The molecular weight excluding hydrogens is 1180 g/mol. The van der Waals surface area contributed by atoms with Gasteiger partial charge in [-0.3, -0.25) is 33.6 Å². The third kappa shape index (κ3) is 17.3. The Bertz CT molecular complexity index is 3130. The van der Waals surface area contributed by atoms with Gasteiger partial charge in [-0.2, -0.15) is 0 Å². The number of nitrogens with one attached hydrogen (secondary N) is 5. The van der Waals surface area contributed by atoms with Crippen LogP contribution in [0.25, 0.3) is 22.3 Å². The van der Waals surface area contributed by atoms with Crippen LogP contribution in [0.4, 0.5) is 0 Å². The van der Waals surface area contributed by atoms with Crippen molar-refractivity contribution in [3.05, 3.63) is 108 Å². The third-order valence-corrected chi connectivity index (χ3v) is 17.8. The van der Waals surface area contributed by atoms with Crippen molar-refractivity contribution in [1.29, 1.82) is 0 Å². The maximum absolute atomic E-state index is 14.9. The third-order valence-electron chi connectivity index (χ3n) is 17.8. The number of hydrogen-bond acceptors (Lipinski definition) is 17. The summed E-state index contributed by atoms with van der Waals surface area (Å²) < 4.78 is 12.8. The fraction of sp³-hybridized carbons (Fsp3) is 0.530. The summed E-state index contributed by atoms with van der Waals surface area (Å²) in [7, 11) is 2.04. The van der Waals surface area contributed by atoms with Gasteiger partial charge in [0, 0.05) is 37.4 Å². The number of ether oxygens (including phenoxy) is 2. The lowest BCUT2D eigenvalue weighted by Gasteiger charge is -2.38. The first-order chi connectivity index (χ1) is 43.4. The standard InChI is InChI=1S/C66H88N8O17/c1-6-7-11-31-90-48-26-22-43(23-27-48)41-14-12-40(13-15-41)42-16-18-45(19-17-42)59(83)67-49-34-51(79)64(91-32-30-74(5)28-9-8-10-29-74)71-63(87)55-56(80)37(2)35-73(55)66(89)53(39(4)76)69-62(86)54(58(82)57(81)44-20-24-46(77)25-21-44)70-61(85)50-33-47(78)36-72(50)65(88)52(38(3)75)68-60(49)84/h12-27,37-39,47,49-58,64,75-76,78-82H,6-11,28-36H2,1-5H3,(H5-,67,68,69,70,71,77,83,84,85,86,87)/p+1/t37-,38+,39+,47+,49-,50-,51+,52-,53-,54-,55-,56-,57-,58-,64+/m0/s1. The second kappa shape index (κ2) is 31.2. The van der Waals surface area contributed by atoms with Crippen molar-refractivity contribution in [2.45, 2.75) is 164 Å². The smallest absolute Gasteiger partial charge is 0.251 e. The number of quaternary nitrogens is 1. The molecule has 0 unspecified atom stereocenters. The highest BCUT2D eigenvalue weighted by molar-refractivity contribution is 6.00. The topological polar surface area (TPSA) is 366 Å². The highest BCUT2D eigenvalue weighted by Gasteiger charge is 2.50. The Morgan fingerprint density at radius 1 is 0.648 bits per heavy atom. The van der Waals surface area contributed by atoms with Crippen LogP contribution < -0.4 is 31.3 Å². The van der Waals surface area contributed by atoms with E-state index in [0.717, 1.165) is 103 Å². The molecule has 8 rings (SSSR count). The van der Waals surface area contributed by atoms with Crippen molar-refractivity contribution < 1.29 is 88.4 Å². The van der Waals surface area contributed by atoms with E-state index in [1.165, 1.54) is 43.3 Å². The number of unbranched alkanes of at least 4 members (excludes halogenated alkanes) is 2. The van der Waals surface area contributed by atoms with E-state index in [2.05, 4.69) is 33.5 Å². The summed E-state index contributed by atoms with van der Waals surface area (Å²) in [4.78, 5) is 105. The van der Waals surface area contributed by atoms with Gasteiger partial charge in [0.1, 0.15) is 72.6 Å². The molecule has 0 radical (unpaired) electrons. The quantitative estimate of drug-likeness (QED) is 0.0482. The number of phenolic OH excluding ortho intramolecular Hbond substituents is 1. The summed E-state index contributed by atoms with van der Waals surface area (Å²) >= 11 is 0. The number of fused-ring (bicyclic) bond motifs is 2. The fourth-order valence-electron chi connectivity index (χ4n) is 12.3. The number of nitrogens with zero attached hydrogens (tertiary/aromatic N) is 3. The van der Waals surface area contributed by atoms with Gasteiger partial charge in [0.2, 0.25) is 35.4 Å². The van der Waals surface area contributed by atoms with E-state index < -0.39 is 152 Å². The Balaban J connectivity index is 1.13. The number of aromatic hydroxyl groups is 1. The highest BCUT2D eigenvalue weighted by Crippen LogP contribution is 2.30. The average Bonchev–Trinajstić information content (AvgIpc) is 1.72. The molecule has 4 fully saturated rings. The molecule has 0 bridgehead atoms. The molecule has 4 aliphatic heterocycles. The van der Waals surface area contributed by atoms with E-state index in [-0.39, 0.29) is 30.0 Å². The van der Waals surface area contributed by atoms with Crippen molar-refractivity contribution in [2.75, 3.05) is 53.0 Å². The van der Waals surface area contributed by atoms with Crippen LogP contribution >= 0.6 is 0 Å². The number of carbonyl (C=O) groups excluding carboxylic acids is 7. The van der Waals surface area contributed by atoms with Crippen molar-refractivity contribution in [3.8, 4) is 33.8 Å². The molecule has 15 atom stereocenters. The second-order valence-electron chi connectivity index (χ2n) is 25.0. The maximum atomic E-state index is 14.9. The maximum Gasteiger partial charge on any atom is 0.251 e. The molecule has 25 nitrogen and oxygen atoms in total. The molecule has 4 heterocycles. The number of piperidine rings is 1. The first-order valence-corrected chi connectivity index (χ1v) is 31.4. The van der Waals surface area contributed by atoms with Crippen LogP contribution in [0.2, 0.25) is 0 Å². The molecule has 25 heteroatoms. The number of aliphatic hydroxyl groups is 7. The molecule has 494 valence electrons. The van der Waals surface area contributed by atoms with Crippen LogP contribution in [0, 0.1) is 5.92 Å². The van der Waals surface area contributed by atoms with Gasteiger partial charge >= 0.3 is 0 Å². The summed E-state index contributed by atoms with van der Waals surface area (Å²) in [6, 6.07) is 15.4. The van der Waals surface area contributed by atoms with Crippen molar-refractivity contribution >= 4 is 41.4 Å². The summed E-state index contributed by atoms with van der Waals surface area (Å²) in [5, 5.41) is 103. The molecule has 13 N–H and O–H groups in total. The van der Waals surface area contributed by atoms with Crippen LogP contribution in [-0.2, 0) is 33.5 Å². The van der Waals surface area contributed by atoms with Gasteiger partial charge in [-0.15, -0.1) is 0 Å². The summed E-state index contributed by atoms with van der Waals surface area (Å²) in [6.45, 7) is 7.65. The van der Waals surface area contributed by atoms with Crippen LogP contribution in [-0.4, -0.2) is 229 Å². The van der Waals surface area contributed by atoms with E-state index in [0.29, 0.717) is 17.6 Å². The summed E-state index contributed by atoms with van der Waals surface area (Å²) in [5.41, 5.74) is 3.51. The van der Waals surface area contributed by atoms with Gasteiger partial charge in [-0.25, -0.2) is 0 Å².